The molecule has 1 saturated heterocycles. The maximum Gasteiger partial charge on any atom is 0.237 e. The number of amides is 1. The van der Waals surface area contributed by atoms with Crippen LogP contribution in [0.5, 0.6) is 0 Å². The van der Waals surface area contributed by atoms with E-state index in [4.69, 9.17) is 11.6 Å². The third-order valence-corrected chi connectivity index (χ3v) is 5.66. The molecule has 3 heterocycles. The van der Waals surface area contributed by atoms with Crippen molar-refractivity contribution in [2.75, 3.05) is 25.0 Å². The molecule has 6 heteroatoms. The fourth-order valence-corrected chi connectivity index (χ4v) is 4.29. The first kappa shape index (κ1) is 15.7. The van der Waals surface area contributed by atoms with Crippen molar-refractivity contribution in [2.24, 2.45) is 7.05 Å². The van der Waals surface area contributed by atoms with Crippen LogP contribution >= 0.6 is 11.6 Å². The number of aromatic nitrogens is 2. The van der Waals surface area contributed by atoms with Gasteiger partial charge in [0.15, 0.2) is 0 Å². The second-order valence-corrected chi connectivity index (χ2v) is 7.34. The molecule has 4 rings (SSSR count). The van der Waals surface area contributed by atoms with Gasteiger partial charge in [-0.2, -0.15) is 5.10 Å². The Bertz CT molecular complexity index is 792. The molecule has 2 aliphatic rings. The van der Waals surface area contributed by atoms with Crippen molar-refractivity contribution in [1.82, 2.24) is 14.7 Å². The molecule has 1 fully saturated rings. The van der Waals surface area contributed by atoms with Crippen molar-refractivity contribution in [1.29, 1.82) is 0 Å². The topological polar surface area (TPSA) is 41.4 Å². The fourth-order valence-electron chi connectivity index (χ4n) is 4.12. The second kappa shape index (κ2) is 5.60. The Kier molecular flexibility index (Phi) is 3.66. The van der Waals surface area contributed by atoms with Gasteiger partial charge in [-0.15, -0.1) is 0 Å². The fraction of sp³-hybridized carbons (Fsp3) is 0.444. The lowest BCUT2D eigenvalue weighted by Gasteiger charge is -2.38. The number of carbonyl (C=O) groups excluding carboxylic acids is 1. The zero-order valence-electron chi connectivity index (χ0n) is 14.0. The minimum absolute atomic E-state index is 0.209. The number of rotatable bonds is 2. The van der Waals surface area contributed by atoms with Crippen molar-refractivity contribution >= 4 is 23.2 Å². The molecule has 0 unspecified atom stereocenters. The highest BCUT2D eigenvalue weighted by Crippen LogP contribution is 2.48. The molecule has 1 spiro atoms. The highest BCUT2D eigenvalue weighted by atomic mass is 35.5. The second-order valence-electron chi connectivity index (χ2n) is 6.91. The molecule has 0 radical (unpaired) electrons. The molecular weight excluding hydrogens is 324 g/mol. The van der Waals surface area contributed by atoms with Crippen LogP contribution in [0.4, 0.5) is 5.69 Å². The van der Waals surface area contributed by atoms with Gasteiger partial charge in [0.05, 0.1) is 11.6 Å². The molecule has 126 valence electrons. The highest BCUT2D eigenvalue weighted by Gasteiger charge is 2.50. The van der Waals surface area contributed by atoms with Crippen molar-refractivity contribution < 1.29 is 4.79 Å². The van der Waals surface area contributed by atoms with Gasteiger partial charge >= 0.3 is 0 Å². The number of nitrogens with zero attached hydrogens (tertiary/aromatic N) is 4. The largest absolute Gasteiger partial charge is 0.314 e. The molecule has 0 bridgehead atoms. The van der Waals surface area contributed by atoms with E-state index in [-0.39, 0.29) is 5.91 Å². The summed E-state index contributed by atoms with van der Waals surface area (Å²) >= 11 is 6.21. The van der Waals surface area contributed by atoms with Gasteiger partial charge < -0.3 is 4.90 Å². The number of likely N-dealkylation sites (N-methyl/N-ethyl adjacent to an activating group) is 1. The van der Waals surface area contributed by atoms with Crippen LogP contribution in [0.1, 0.15) is 24.0 Å². The molecule has 1 aromatic carbocycles. The number of hydrogen-bond donors (Lipinski definition) is 0. The van der Waals surface area contributed by atoms with E-state index in [0.29, 0.717) is 5.02 Å². The van der Waals surface area contributed by atoms with Crippen LogP contribution in [0.25, 0.3) is 0 Å². The number of hydrogen-bond acceptors (Lipinski definition) is 3. The Morgan fingerprint density at radius 2 is 2.00 bits per heavy atom. The minimum atomic E-state index is -0.402. The Balaban J connectivity index is 1.56. The predicted molar refractivity (Wildman–Crippen MR) is 94.3 cm³/mol. The zero-order valence-corrected chi connectivity index (χ0v) is 14.8. The first-order valence-electron chi connectivity index (χ1n) is 8.28. The van der Waals surface area contributed by atoms with Gasteiger partial charge in [-0.05, 0) is 49.7 Å². The van der Waals surface area contributed by atoms with Crippen molar-refractivity contribution in [3.05, 3.63) is 46.7 Å². The van der Waals surface area contributed by atoms with E-state index in [0.717, 1.165) is 43.7 Å². The van der Waals surface area contributed by atoms with E-state index >= 15 is 0 Å². The maximum absolute atomic E-state index is 13.0. The summed E-state index contributed by atoms with van der Waals surface area (Å²) in [4.78, 5) is 17.2. The van der Waals surface area contributed by atoms with Gasteiger partial charge in [-0.25, -0.2) is 0 Å². The summed E-state index contributed by atoms with van der Waals surface area (Å²) in [5, 5.41) is 4.93. The summed E-state index contributed by atoms with van der Waals surface area (Å²) in [6.07, 6.45) is 5.63. The summed E-state index contributed by atoms with van der Waals surface area (Å²) in [6, 6.07) is 5.81. The van der Waals surface area contributed by atoms with Crippen molar-refractivity contribution in [2.45, 2.75) is 24.8 Å². The molecule has 1 aromatic heterocycles. The number of carbonyl (C=O) groups is 1. The number of aryl methyl sites for hydroxylation is 1. The van der Waals surface area contributed by atoms with Gasteiger partial charge in [-0.1, -0.05) is 11.6 Å². The summed E-state index contributed by atoms with van der Waals surface area (Å²) in [6.45, 7) is 2.69. The molecule has 0 N–H and O–H groups in total. The Labute approximate surface area is 146 Å². The lowest BCUT2D eigenvalue weighted by molar-refractivity contribution is -0.124. The summed E-state index contributed by atoms with van der Waals surface area (Å²) in [5.74, 6) is 0.209. The standard InChI is InChI=1S/C18H21ClN4O/c1-21-11-13(10-20-21)12-23-7-5-18(6-8-23)15-9-14(19)3-4-16(15)22(2)17(18)24/h3-4,9-11H,5-8,12H2,1-2H3. The Morgan fingerprint density at radius 3 is 2.67 bits per heavy atom. The van der Waals surface area contributed by atoms with E-state index in [1.807, 2.05) is 49.4 Å². The molecule has 1 amide bonds. The van der Waals surface area contributed by atoms with Gasteiger partial charge in [0.25, 0.3) is 0 Å². The van der Waals surface area contributed by atoms with E-state index < -0.39 is 5.41 Å². The molecule has 2 aliphatic heterocycles. The lowest BCUT2D eigenvalue weighted by atomic mass is 9.73. The molecule has 2 aromatic rings. The number of likely N-dealkylation sites (tertiary alicyclic amines) is 1. The highest BCUT2D eigenvalue weighted by molar-refractivity contribution is 6.31. The van der Waals surface area contributed by atoms with Gasteiger partial charge in [0.2, 0.25) is 5.91 Å². The SMILES string of the molecule is CN1C(=O)C2(CCN(Cc3cnn(C)c3)CC2)c2cc(Cl)ccc21. The van der Waals surface area contributed by atoms with Crippen LogP contribution in [0, 0.1) is 0 Å². The molecule has 0 aliphatic carbocycles. The van der Waals surface area contributed by atoms with Crippen molar-refractivity contribution in [3.8, 4) is 0 Å². The maximum atomic E-state index is 13.0. The minimum Gasteiger partial charge on any atom is -0.314 e. The van der Waals surface area contributed by atoms with Crippen LogP contribution in [0.15, 0.2) is 30.6 Å². The average Bonchev–Trinajstić information content (AvgIpc) is 3.06. The molecular formula is C18H21ClN4O. The quantitative estimate of drug-likeness (QED) is 0.841. The van der Waals surface area contributed by atoms with Crippen molar-refractivity contribution in [3.63, 3.8) is 0 Å². The van der Waals surface area contributed by atoms with Crippen LogP contribution < -0.4 is 4.90 Å². The van der Waals surface area contributed by atoms with Crippen LogP contribution in [-0.2, 0) is 23.8 Å². The first-order chi connectivity index (χ1) is 11.5. The lowest BCUT2D eigenvalue weighted by Crippen LogP contribution is -2.47. The molecule has 24 heavy (non-hydrogen) atoms. The number of piperidine rings is 1. The third-order valence-electron chi connectivity index (χ3n) is 5.42. The summed E-state index contributed by atoms with van der Waals surface area (Å²) < 4.78 is 1.83. The Hall–Kier alpha value is -1.85. The summed E-state index contributed by atoms with van der Waals surface area (Å²) in [5.41, 5.74) is 2.92. The predicted octanol–water partition coefficient (Wildman–Crippen LogP) is 2.58. The van der Waals surface area contributed by atoms with E-state index in [2.05, 4.69) is 10.00 Å². The van der Waals surface area contributed by atoms with Gasteiger partial charge in [0.1, 0.15) is 0 Å². The molecule has 0 saturated carbocycles. The van der Waals surface area contributed by atoms with Crippen LogP contribution in [0.2, 0.25) is 5.02 Å². The smallest absolute Gasteiger partial charge is 0.237 e. The molecule has 5 nitrogen and oxygen atoms in total. The van der Waals surface area contributed by atoms with Gasteiger partial charge in [-0.3, -0.25) is 14.4 Å². The molecule has 0 atom stereocenters. The van der Waals surface area contributed by atoms with E-state index in [1.165, 1.54) is 5.56 Å². The monoisotopic (exact) mass is 344 g/mol. The van der Waals surface area contributed by atoms with E-state index in [1.54, 1.807) is 4.90 Å². The normalized spacial score (nSPS) is 20.0. The summed E-state index contributed by atoms with van der Waals surface area (Å²) in [7, 11) is 3.80. The third kappa shape index (κ3) is 2.34. The number of fused-ring (bicyclic) bond motifs is 2. The number of halogens is 1. The number of anilines is 1. The first-order valence-corrected chi connectivity index (χ1v) is 8.65. The number of benzene rings is 1. The van der Waals surface area contributed by atoms with Crippen LogP contribution in [0.3, 0.4) is 0 Å². The average molecular weight is 345 g/mol. The van der Waals surface area contributed by atoms with Gasteiger partial charge in [0, 0.05) is 43.1 Å². The van der Waals surface area contributed by atoms with E-state index in [9.17, 15) is 4.79 Å². The Morgan fingerprint density at radius 1 is 1.25 bits per heavy atom. The van der Waals surface area contributed by atoms with Crippen LogP contribution in [-0.4, -0.2) is 40.7 Å². The zero-order chi connectivity index (χ0) is 16.9.